The fraction of sp³-hybridized carbons (Fsp3) is 0.875. The SMILES string of the molecule is CC(=O)OC(C)C.CO.C[S+](C)[O-]. The van der Waals surface area contributed by atoms with Gasteiger partial charge in [0.25, 0.3) is 0 Å². The van der Waals surface area contributed by atoms with Crippen molar-refractivity contribution >= 4 is 17.1 Å². The van der Waals surface area contributed by atoms with Crippen molar-refractivity contribution in [1.29, 1.82) is 0 Å². The van der Waals surface area contributed by atoms with Gasteiger partial charge >= 0.3 is 5.97 Å². The van der Waals surface area contributed by atoms with Crippen molar-refractivity contribution in [2.24, 2.45) is 0 Å². The van der Waals surface area contributed by atoms with Crippen LogP contribution >= 0.6 is 0 Å². The van der Waals surface area contributed by atoms with Gasteiger partial charge in [-0.1, -0.05) is 11.2 Å². The molecule has 0 spiro atoms. The van der Waals surface area contributed by atoms with E-state index < -0.39 is 11.2 Å². The molecule has 0 heterocycles. The highest BCUT2D eigenvalue weighted by atomic mass is 32.2. The second-order valence-electron chi connectivity index (χ2n) is 2.40. The van der Waals surface area contributed by atoms with Crippen LogP contribution in [0.3, 0.4) is 0 Å². The normalized spacial score (nSPS) is 8.15. The highest BCUT2D eigenvalue weighted by molar-refractivity contribution is 7.89. The number of aliphatic hydroxyl groups is 1. The molecule has 0 aromatic heterocycles. The Labute approximate surface area is 83.5 Å². The number of esters is 1. The van der Waals surface area contributed by atoms with E-state index in [9.17, 15) is 9.35 Å². The average molecular weight is 212 g/mol. The van der Waals surface area contributed by atoms with E-state index in [1.54, 1.807) is 12.5 Å². The highest BCUT2D eigenvalue weighted by Gasteiger charge is 1.93. The molecule has 0 aromatic carbocycles. The Morgan fingerprint density at radius 3 is 1.62 bits per heavy atom. The molecule has 0 aliphatic heterocycles. The Bertz CT molecular complexity index is 102. The van der Waals surface area contributed by atoms with Gasteiger partial charge < -0.3 is 14.4 Å². The number of hydrogen-bond acceptors (Lipinski definition) is 4. The minimum Gasteiger partial charge on any atom is -0.617 e. The third-order valence-electron chi connectivity index (χ3n) is 0.402. The maximum Gasteiger partial charge on any atom is 0.302 e. The summed E-state index contributed by atoms with van der Waals surface area (Å²) in [5, 5.41) is 7.00. The minimum absolute atomic E-state index is 0.0255. The first-order chi connectivity index (χ1) is 5.86. The zero-order chi connectivity index (χ0) is 11.4. The molecular formula is C8H20O4S. The molecule has 0 atom stereocenters. The maximum absolute atomic E-state index is 10.0. The molecule has 0 aromatic rings. The van der Waals surface area contributed by atoms with Crippen molar-refractivity contribution in [2.75, 3.05) is 19.6 Å². The Morgan fingerprint density at radius 1 is 1.38 bits per heavy atom. The first-order valence-electron chi connectivity index (χ1n) is 3.73. The smallest absolute Gasteiger partial charge is 0.302 e. The van der Waals surface area contributed by atoms with Gasteiger partial charge in [0.05, 0.1) is 18.6 Å². The lowest BCUT2D eigenvalue weighted by atomic mass is 10.5. The molecule has 0 bridgehead atoms. The van der Waals surface area contributed by atoms with E-state index in [4.69, 9.17) is 5.11 Å². The van der Waals surface area contributed by atoms with Crippen molar-refractivity contribution < 1.29 is 19.2 Å². The number of carbonyl (C=O) groups excluding carboxylic acids is 1. The van der Waals surface area contributed by atoms with E-state index in [-0.39, 0.29) is 12.1 Å². The lowest BCUT2D eigenvalue weighted by Crippen LogP contribution is -2.06. The Hall–Kier alpha value is -0.260. The molecule has 4 nitrogen and oxygen atoms in total. The van der Waals surface area contributed by atoms with Crippen LogP contribution in [-0.4, -0.2) is 41.4 Å². The second kappa shape index (κ2) is 14.3. The van der Waals surface area contributed by atoms with Gasteiger partial charge in [-0.25, -0.2) is 0 Å². The monoisotopic (exact) mass is 212 g/mol. The standard InChI is InChI=1S/C5H10O2.C2H6OS.CH4O/c1-4(2)7-5(3)6;1-4(2)3;1-2/h4H,1-3H3;1-2H3;2H,1H3. The predicted molar refractivity (Wildman–Crippen MR) is 55.0 cm³/mol. The van der Waals surface area contributed by atoms with E-state index >= 15 is 0 Å². The number of hydrogen-bond donors (Lipinski definition) is 1. The molecule has 0 fully saturated rings. The predicted octanol–water partition coefficient (Wildman–Crippen LogP) is 0.561. The minimum atomic E-state index is -0.611. The fourth-order valence-electron chi connectivity index (χ4n) is 0.332. The summed E-state index contributed by atoms with van der Waals surface area (Å²) >= 11 is -0.611. The molecule has 1 N–H and O–H groups in total. The number of aliphatic hydroxyl groups excluding tert-OH is 1. The Balaban J connectivity index is -0.000000142. The van der Waals surface area contributed by atoms with Crippen LogP contribution in [0, 0.1) is 0 Å². The van der Waals surface area contributed by atoms with Gasteiger partial charge in [-0.05, 0) is 13.8 Å². The second-order valence-corrected chi connectivity index (χ2v) is 3.88. The summed E-state index contributed by atoms with van der Waals surface area (Å²) in [5.74, 6) is -0.213. The largest absolute Gasteiger partial charge is 0.617 e. The number of ether oxygens (including phenoxy) is 1. The fourth-order valence-corrected chi connectivity index (χ4v) is 0.332. The van der Waals surface area contributed by atoms with Crippen LogP contribution < -0.4 is 0 Å². The van der Waals surface area contributed by atoms with Crippen LogP contribution in [0.4, 0.5) is 0 Å². The van der Waals surface area contributed by atoms with Crippen LogP contribution in [-0.2, 0) is 20.7 Å². The quantitative estimate of drug-likeness (QED) is 0.509. The van der Waals surface area contributed by atoms with Crippen molar-refractivity contribution in [3.63, 3.8) is 0 Å². The summed E-state index contributed by atoms with van der Waals surface area (Å²) in [6, 6.07) is 0. The lowest BCUT2D eigenvalue weighted by Gasteiger charge is -2.01. The summed E-state index contributed by atoms with van der Waals surface area (Å²) in [7, 11) is 1.00. The van der Waals surface area contributed by atoms with Gasteiger partial charge in [-0.15, -0.1) is 0 Å². The third-order valence-corrected chi connectivity index (χ3v) is 0.402. The van der Waals surface area contributed by atoms with E-state index in [1.807, 2.05) is 13.8 Å². The number of rotatable bonds is 1. The molecular weight excluding hydrogens is 192 g/mol. The molecule has 13 heavy (non-hydrogen) atoms. The summed E-state index contributed by atoms with van der Waals surface area (Å²) < 4.78 is 14.2. The molecule has 0 rings (SSSR count). The summed E-state index contributed by atoms with van der Waals surface area (Å²) in [6.45, 7) is 5.04. The van der Waals surface area contributed by atoms with Crippen molar-refractivity contribution in [2.45, 2.75) is 26.9 Å². The average Bonchev–Trinajstić information content (AvgIpc) is 1.87. The van der Waals surface area contributed by atoms with Gasteiger partial charge in [0.15, 0.2) is 0 Å². The Morgan fingerprint density at radius 2 is 1.62 bits per heavy atom. The summed E-state index contributed by atoms with van der Waals surface area (Å²) in [6.07, 6.45) is 3.30. The summed E-state index contributed by atoms with van der Waals surface area (Å²) in [4.78, 5) is 10.0. The molecule has 0 aliphatic rings. The molecule has 0 amide bonds. The number of carbonyl (C=O) groups is 1. The van der Waals surface area contributed by atoms with Crippen LogP contribution in [0.5, 0.6) is 0 Å². The highest BCUT2D eigenvalue weighted by Crippen LogP contribution is 1.85. The van der Waals surface area contributed by atoms with E-state index in [2.05, 4.69) is 4.74 Å². The van der Waals surface area contributed by atoms with Gasteiger partial charge in [0.1, 0.15) is 0 Å². The Kier molecular flexibility index (Phi) is 20.3. The van der Waals surface area contributed by atoms with Crippen LogP contribution in [0.1, 0.15) is 20.8 Å². The molecule has 5 heteroatoms. The topological polar surface area (TPSA) is 69.6 Å². The summed E-state index contributed by atoms with van der Waals surface area (Å²) in [5.41, 5.74) is 0. The van der Waals surface area contributed by atoms with E-state index in [0.29, 0.717) is 0 Å². The van der Waals surface area contributed by atoms with Crippen LogP contribution in [0.25, 0.3) is 0 Å². The molecule has 0 saturated carbocycles. The van der Waals surface area contributed by atoms with Crippen molar-refractivity contribution in [3.05, 3.63) is 0 Å². The van der Waals surface area contributed by atoms with Gasteiger partial charge in [-0.3, -0.25) is 4.79 Å². The molecule has 82 valence electrons. The zero-order valence-electron chi connectivity index (χ0n) is 9.16. The third kappa shape index (κ3) is 79.6. The molecule has 0 aliphatic carbocycles. The van der Waals surface area contributed by atoms with Gasteiger partial charge in [-0.2, -0.15) is 0 Å². The molecule has 0 unspecified atom stereocenters. The molecule has 0 saturated heterocycles. The molecule has 0 radical (unpaired) electrons. The van der Waals surface area contributed by atoms with Gasteiger partial charge in [0.2, 0.25) is 0 Å². The zero-order valence-corrected chi connectivity index (χ0v) is 9.97. The van der Waals surface area contributed by atoms with Crippen molar-refractivity contribution in [3.8, 4) is 0 Å². The van der Waals surface area contributed by atoms with Crippen LogP contribution in [0.15, 0.2) is 0 Å². The van der Waals surface area contributed by atoms with Gasteiger partial charge in [0, 0.05) is 14.0 Å². The maximum atomic E-state index is 10.0. The van der Waals surface area contributed by atoms with Crippen LogP contribution in [0.2, 0.25) is 0 Å². The first-order valence-corrected chi connectivity index (χ1v) is 5.70. The van der Waals surface area contributed by atoms with Crippen molar-refractivity contribution in [1.82, 2.24) is 0 Å². The van der Waals surface area contributed by atoms with E-state index in [1.165, 1.54) is 6.92 Å². The lowest BCUT2D eigenvalue weighted by molar-refractivity contribution is -0.144. The van der Waals surface area contributed by atoms with E-state index in [0.717, 1.165) is 7.11 Å². The first kappa shape index (κ1) is 18.5.